The van der Waals surface area contributed by atoms with Crippen molar-refractivity contribution in [2.24, 2.45) is 7.05 Å². The van der Waals surface area contributed by atoms with Crippen LogP contribution in [0.3, 0.4) is 0 Å². The minimum Gasteiger partial charge on any atom is -0.462 e. The Bertz CT molecular complexity index is 1380. The van der Waals surface area contributed by atoms with E-state index < -0.39 is 17.6 Å². The number of aliphatic hydroxyl groups excluding tert-OH is 1. The summed E-state index contributed by atoms with van der Waals surface area (Å²) in [6.45, 7) is -0.0680. The van der Waals surface area contributed by atoms with E-state index in [2.05, 4.69) is 0 Å². The van der Waals surface area contributed by atoms with Crippen LogP contribution in [0.2, 0.25) is 0 Å². The Morgan fingerprint density at radius 1 is 1.10 bits per heavy atom. The summed E-state index contributed by atoms with van der Waals surface area (Å²) in [5.74, 6) is -0.614. The average Bonchev–Trinajstić information content (AvgIpc) is 2.76. The number of aliphatic hydroxyl groups is 1. The third kappa shape index (κ3) is 3.00. The molecule has 31 heavy (non-hydrogen) atoms. The molecule has 0 spiro atoms. The summed E-state index contributed by atoms with van der Waals surface area (Å²) in [7, 11) is 1.74. The third-order valence-electron chi connectivity index (χ3n) is 5.49. The highest BCUT2D eigenvalue weighted by atomic mass is 19.1. The molecule has 0 unspecified atom stereocenters. The number of pyridine rings is 1. The largest absolute Gasteiger partial charge is 0.462 e. The first-order valence-electron chi connectivity index (χ1n) is 9.83. The number of hydrogen-bond donors (Lipinski definition) is 1. The van der Waals surface area contributed by atoms with Gasteiger partial charge >= 0.3 is 5.97 Å². The summed E-state index contributed by atoms with van der Waals surface area (Å²) in [6.07, 6.45) is 0.301. The first-order valence-corrected chi connectivity index (χ1v) is 9.83. The van der Waals surface area contributed by atoms with E-state index in [1.165, 1.54) is 12.1 Å². The minimum atomic E-state index is -0.675. The van der Waals surface area contributed by atoms with Crippen molar-refractivity contribution in [3.8, 4) is 22.8 Å². The molecule has 0 saturated heterocycles. The molecular weight excluding hydrogens is 404 g/mol. The average molecular weight is 422 g/mol. The highest BCUT2D eigenvalue weighted by molar-refractivity contribution is 6.13. The van der Waals surface area contributed by atoms with E-state index >= 15 is 4.39 Å². The van der Waals surface area contributed by atoms with Crippen LogP contribution in [0.25, 0.3) is 32.9 Å². The summed E-state index contributed by atoms with van der Waals surface area (Å²) in [5.41, 5.74) is 1.74. The third-order valence-corrected chi connectivity index (χ3v) is 5.49. The molecule has 5 nitrogen and oxygen atoms in total. The van der Waals surface area contributed by atoms with Gasteiger partial charge in [-0.1, -0.05) is 12.1 Å². The number of rotatable bonds is 4. The number of hydrogen-bond acceptors (Lipinski definition) is 4. The molecule has 1 aliphatic rings. The molecule has 0 atom stereocenters. The van der Waals surface area contributed by atoms with Gasteiger partial charge in [0.2, 0.25) is 11.2 Å². The SMILES string of the molecule is C[n+]1c2c3c(cccc3c3c(F)cc(C(=O)OCCCO)cc31)Oc1ccc(F)cc1-2. The number of carbonyl (C=O) groups is 1. The van der Waals surface area contributed by atoms with E-state index in [0.29, 0.717) is 50.9 Å². The molecule has 0 fully saturated rings. The maximum absolute atomic E-state index is 15.3. The summed E-state index contributed by atoms with van der Waals surface area (Å²) in [4.78, 5) is 12.4. The number of ether oxygens (including phenoxy) is 2. The van der Waals surface area contributed by atoms with Crippen LogP contribution in [-0.2, 0) is 11.8 Å². The predicted octanol–water partition coefficient (Wildman–Crippen LogP) is 4.41. The number of aromatic nitrogens is 1. The van der Waals surface area contributed by atoms with Gasteiger partial charge in [0.05, 0.1) is 28.5 Å². The topological polar surface area (TPSA) is 59.6 Å². The van der Waals surface area contributed by atoms with Crippen molar-refractivity contribution >= 4 is 27.6 Å². The van der Waals surface area contributed by atoms with Gasteiger partial charge in [0, 0.05) is 24.5 Å². The quantitative estimate of drug-likeness (QED) is 0.202. The number of fused-ring (bicyclic) bond motifs is 4. The molecular formula is C24H18F2NO4+. The van der Waals surface area contributed by atoms with Crippen molar-refractivity contribution in [3.05, 3.63) is 65.7 Å². The summed E-state index contributed by atoms with van der Waals surface area (Å²) < 4.78 is 42.2. The number of carbonyl (C=O) groups excluding carboxylic acids is 1. The smallest absolute Gasteiger partial charge is 0.338 e. The summed E-state index contributed by atoms with van der Waals surface area (Å²) >= 11 is 0. The van der Waals surface area contributed by atoms with Crippen LogP contribution in [0.15, 0.2) is 48.5 Å². The van der Waals surface area contributed by atoms with Crippen molar-refractivity contribution in [2.45, 2.75) is 6.42 Å². The molecule has 1 aromatic heterocycles. The van der Waals surface area contributed by atoms with E-state index in [4.69, 9.17) is 14.6 Å². The lowest BCUT2D eigenvalue weighted by molar-refractivity contribution is -0.632. The number of benzene rings is 3. The highest BCUT2D eigenvalue weighted by Crippen LogP contribution is 2.46. The van der Waals surface area contributed by atoms with Crippen molar-refractivity contribution in [1.82, 2.24) is 0 Å². The highest BCUT2D eigenvalue weighted by Gasteiger charge is 2.32. The van der Waals surface area contributed by atoms with Crippen LogP contribution >= 0.6 is 0 Å². The van der Waals surface area contributed by atoms with Crippen molar-refractivity contribution in [1.29, 1.82) is 0 Å². The predicted molar refractivity (Wildman–Crippen MR) is 110 cm³/mol. The first kappa shape index (κ1) is 19.4. The van der Waals surface area contributed by atoms with Gasteiger partial charge in [-0.2, -0.15) is 4.57 Å². The molecule has 3 aromatic carbocycles. The number of halogens is 2. The van der Waals surface area contributed by atoms with Crippen LogP contribution in [0.1, 0.15) is 16.8 Å². The lowest BCUT2D eigenvalue weighted by Crippen LogP contribution is -2.34. The standard InChI is InChI=1S/C24H18F2NO4/c1-27-18-11-13(24(29)30-9-3-8-28)10-17(26)21(18)15-4-2-5-20-22(15)23(27)16-12-14(25)6-7-19(16)31-20/h2,4-7,10-12,28H,3,8-9H2,1H3/q+1. The number of nitrogens with zero attached hydrogens (tertiary/aromatic N) is 1. The molecule has 4 aromatic rings. The molecule has 5 rings (SSSR count). The molecule has 7 heteroatoms. The second-order valence-corrected chi connectivity index (χ2v) is 7.39. The van der Waals surface area contributed by atoms with Gasteiger partial charge in [0.1, 0.15) is 30.2 Å². The van der Waals surface area contributed by atoms with Crippen molar-refractivity contribution < 1.29 is 32.7 Å². The fourth-order valence-electron chi connectivity index (χ4n) is 4.12. The molecule has 0 saturated carbocycles. The second-order valence-electron chi connectivity index (χ2n) is 7.39. The second kappa shape index (κ2) is 7.28. The maximum Gasteiger partial charge on any atom is 0.338 e. The molecule has 156 valence electrons. The Morgan fingerprint density at radius 3 is 2.74 bits per heavy atom. The van der Waals surface area contributed by atoms with Gasteiger partial charge in [-0.15, -0.1) is 0 Å². The summed E-state index contributed by atoms with van der Waals surface area (Å²) in [5, 5.41) is 10.5. The van der Waals surface area contributed by atoms with Gasteiger partial charge in [-0.3, -0.25) is 0 Å². The van der Waals surface area contributed by atoms with Crippen molar-refractivity contribution in [2.75, 3.05) is 13.2 Å². The Balaban J connectivity index is 1.82. The van der Waals surface area contributed by atoms with Crippen LogP contribution < -0.4 is 9.30 Å². The van der Waals surface area contributed by atoms with Gasteiger partial charge in [-0.25, -0.2) is 13.6 Å². The molecule has 0 aliphatic carbocycles. The fourth-order valence-corrected chi connectivity index (χ4v) is 4.12. The van der Waals surface area contributed by atoms with Crippen LogP contribution in [0, 0.1) is 11.6 Å². The number of aryl methyl sites for hydroxylation is 1. The van der Waals surface area contributed by atoms with E-state index in [-0.39, 0.29) is 18.8 Å². The Morgan fingerprint density at radius 2 is 1.94 bits per heavy atom. The van der Waals surface area contributed by atoms with E-state index in [1.54, 1.807) is 41.9 Å². The normalized spacial score (nSPS) is 12.0. The minimum absolute atomic E-state index is 0.0391. The monoisotopic (exact) mass is 422 g/mol. The zero-order valence-electron chi connectivity index (χ0n) is 16.6. The molecule has 1 N–H and O–H groups in total. The maximum atomic E-state index is 15.3. The van der Waals surface area contributed by atoms with Gasteiger partial charge in [0.15, 0.2) is 0 Å². The Labute approximate surface area is 176 Å². The lowest BCUT2D eigenvalue weighted by atomic mass is 9.95. The van der Waals surface area contributed by atoms with Crippen LogP contribution in [0.4, 0.5) is 8.78 Å². The molecule has 1 aliphatic heterocycles. The zero-order valence-corrected chi connectivity index (χ0v) is 16.6. The van der Waals surface area contributed by atoms with E-state index in [0.717, 1.165) is 6.07 Å². The molecule has 0 radical (unpaired) electrons. The first-order chi connectivity index (χ1) is 15.0. The Hall–Kier alpha value is -3.58. The molecule has 0 bridgehead atoms. The molecule has 2 heterocycles. The zero-order chi connectivity index (χ0) is 21.7. The fraction of sp³-hybridized carbons (Fsp3) is 0.167. The lowest BCUT2D eigenvalue weighted by Gasteiger charge is -2.20. The van der Waals surface area contributed by atoms with Crippen molar-refractivity contribution in [3.63, 3.8) is 0 Å². The van der Waals surface area contributed by atoms with Gasteiger partial charge in [-0.05, 0) is 30.3 Å². The van der Waals surface area contributed by atoms with Gasteiger partial charge in [0.25, 0.3) is 0 Å². The van der Waals surface area contributed by atoms with E-state index in [1.807, 2.05) is 0 Å². The summed E-state index contributed by atoms with van der Waals surface area (Å²) in [6, 6.07) is 12.3. The van der Waals surface area contributed by atoms with Crippen LogP contribution in [0.5, 0.6) is 11.5 Å². The Kier molecular flexibility index (Phi) is 4.55. The van der Waals surface area contributed by atoms with E-state index in [9.17, 15) is 9.18 Å². The van der Waals surface area contributed by atoms with Gasteiger partial charge < -0.3 is 14.6 Å². The van der Waals surface area contributed by atoms with Crippen LogP contribution in [-0.4, -0.2) is 24.3 Å². The number of esters is 1. The molecule has 0 amide bonds.